The molecule has 32 heavy (non-hydrogen) atoms. The number of ether oxygens (including phenoxy) is 1. The molecule has 1 N–H and O–H groups in total. The van der Waals surface area contributed by atoms with E-state index in [0.717, 1.165) is 52.9 Å². The number of amides is 1. The van der Waals surface area contributed by atoms with E-state index in [1.165, 1.54) is 7.11 Å². The smallest absolute Gasteiger partial charge is 0.340 e. The predicted molar refractivity (Wildman–Crippen MR) is 125 cm³/mol. The molecule has 2 heterocycles. The molecular formula is C25H26N2O4S. The van der Waals surface area contributed by atoms with E-state index in [-0.39, 0.29) is 12.5 Å². The van der Waals surface area contributed by atoms with Gasteiger partial charge in [-0.2, -0.15) is 0 Å². The number of aliphatic hydroxyl groups excluding tert-OH is 1. The van der Waals surface area contributed by atoms with Crippen LogP contribution in [0, 0.1) is 5.92 Å². The Labute approximate surface area is 190 Å². The second-order valence-electron chi connectivity index (χ2n) is 8.64. The van der Waals surface area contributed by atoms with E-state index in [2.05, 4.69) is 0 Å². The molecule has 6 nitrogen and oxygen atoms in total. The maximum Gasteiger partial charge on any atom is 0.340 e. The summed E-state index contributed by atoms with van der Waals surface area (Å²) in [6.07, 6.45) is 4.80. The van der Waals surface area contributed by atoms with Crippen LogP contribution in [-0.4, -0.2) is 42.2 Å². The molecule has 7 heteroatoms. The lowest BCUT2D eigenvalue weighted by molar-refractivity contribution is 0.0601. The lowest BCUT2D eigenvalue weighted by atomic mass is 9.83. The van der Waals surface area contributed by atoms with Crippen LogP contribution in [0.1, 0.15) is 62.9 Å². The Morgan fingerprint density at radius 1 is 1.22 bits per heavy atom. The first-order valence-electron chi connectivity index (χ1n) is 11.1. The van der Waals surface area contributed by atoms with Crippen molar-refractivity contribution in [2.45, 2.75) is 38.0 Å². The van der Waals surface area contributed by atoms with Crippen molar-refractivity contribution in [3.8, 4) is 0 Å². The molecule has 1 aliphatic heterocycles. The highest BCUT2D eigenvalue weighted by atomic mass is 32.1. The van der Waals surface area contributed by atoms with Gasteiger partial charge < -0.3 is 14.7 Å². The fourth-order valence-electron chi connectivity index (χ4n) is 4.90. The number of thiazole rings is 1. The van der Waals surface area contributed by atoms with E-state index in [4.69, 9.17) is 9.72 Å². The number of aliphatic hydroxyl groups is 1. The maximum atomic E-state index is 13.3. The van der Waals surface area contributed by atoms with Crippen molar-refractivity contribution < 1.29 is 19.4 Å². The average molecular weight is 451 g/mol. The van der Waals surface area contributed by atoms with Crippen LogP contribution in [0.5, 0.6) is 0 Å². The number of carbonyl (C=O) groups excluding carboxylic acids is 2. The molecular weight excluding hydrogens is 424 g/mol. The van der Waals surface area contributed by atoms with Crippen molar-refractivity contribution >= 4 is 39.1 Å². The number of methoxy groups -OCH3 is 1. The number of anilines is 1. The van der Waals surface area contributed by atoms with Gasteiger partial charge in [0.25, 0.3) is 5.91 Å². The van der Waals surface area contributed by atoms with Crippen molar-refractivity contribution in [3.63, 3.8) is 0 Å². The number of hydrogen-bond acceptors (Lipinski definition) is 6. The summed E-state index contributed by atoms with van der Waals surface area (Å²) in [6.45, 7) is 0.771. The van der Waals surface area contributed by atoms with Crippen molar-refractivity contribution in [2.75, 3.05) is 25.2 Å². The summed E-state index contributed by atoms with van der Waals surface area (Å²) in [7, 11) is 1.36. The number of aromatic nitrogens is 1. The molecule has 1 amide bonds. The van der Waals surface area contributed by atoms with Crippen LogP contribution < -0.4 is 4.90 Å². The quantitative estimate of drug-likeness (QED) is 0.590. The van der Waals surface area contributed by atoms with Gasteiger partial charge in [0.2, 0.25) is 0 Å². The monoisotopic (exact) mass is 450 g/mol. The molecule has 0 saturated heterocycles. The molecule has 0 spiro atoms. The van der Waals surface area contributed by atoms with Gasteiger partial charge in [0.05, 0.1) is 33.6 Å². The molecule has 166 valence electrons. The van der Waals surface area contributed by atoms with E-state index in [1.54, 1.807) is 22.3 Å². The highest BCUT2D eigenvalue weighted by Gasteiger charge is 2.30. The van der Waals surface area contributed by atoms with Crippen LogP contribution in [0.4, 0.5) is 5.69 Å². The third-order valence-electron chi connectivity index (χ3n) is 6.77. The Morgan fingerprint density at radius 2 is 2.00 bits per heavy atom. The van der Waals surface area contributed by atoms with Crippen LogP contribution >= 0.6 is 11.3 Å². The Kier molecular flexibility index (Phi) is 5.69. The van der Waals surface area contributed by atoms with Crippen LogP contribution in [0.15, 0.2) is 36.4 Å². The Balaban J connectivity index is 1.53. The highest BCUT2D eigenvalue weighted by molar-refractivity contribution is 7.18. The number of carbonyl (C=O) groups is 2. The largest absolute Gasteiger partial charge is 0.465 e. The van der Waals surface area contributed by atoms with E-state index < -0.39 is 5.97 Å². The van der Waals surface area contributed by atoms with Crippen molar-refractivity contribution in [3.05, 3.63) is 58.1 Å². The zero-order valence-electron chi connectivity index (χ0n) is 18.0. The number of hydrogen-bond donors (Lipinski definition) is 1. The molecule has 0 atom stereocenters. The van der Waals surface area contributed by atoms with Crippen LogP contribution in [0.2, 0.25) is 0 Å². The van der Waals surface area contributed by atoms with E-state index in [0.29, 0.717) is 35.2 Å². The summed E-state index contributed by atoms with van der Waals surface area (Å²) in [5.74, 6) is 0.213. The zero-order valence-corrected chi connectivity index (χ0v) is 18.9. The predicted octanol–water partition coefficient (Wildman–Crippen LogP) is 4.55. The van der Waals surface area contributed by atoms with Gasteiger partial charge in [-0.15, -0.1) is 11.3 Å². The minimum atomic E-state index is -0.466. The van der Waals surface area contributed by atoms with Crippen LogP contribution in [0.3, 0.4) is 0 Å². The third kappa shape index (κ3) is 3.69. The van der Waals surface area contributed by atoms with Crippen molar-refractivity contribution in [1.82, 2.24) is 4.98 Å². The Morgan fingerprint density at radius 3 is 2.75 bits per heavy atom. The normalized spacial score (nSPS) is 20.9. The van der Waals surface area contributed by atoms with E-state index >= 15 is 0 Å². The first-order chi connectivity index (χ1) is 15.6. The fourth-order valence-corrected chi connectivity index (χ4v) is 6.05. The fraction of sp³-hybridized carbons (Fsp3) is 0.400. The minimum absolute atomic E-state index is 0.0941. The summed E-state index contributed by atoms with van der Waals surface area (Å²) in [4.78, 5) is 32.5. The number of benzene rings is 2. The molecule has 1 saturated carbocycles. The summed E-state index contributed by atoms with van der Waals surface area (Å²) >= 11 is 1.64. The summed E-state index contributed by atoms with van der Waals surface area (Å²) in [5, 5.41) is 10.5. The van der Waals surface area contributed by atoms with Gasteiger partial charge in [-0.3, -0.25) is 4.79 Å². The second-order valence-corrected chi connectivity index (χ2v) is 9.71. The summed E-state index contributed by atoms with van der Waals surface area (Å²) in [5.41, 5.74) is 3.44. The van der Waals surface area contributed by atoms with Gasteiger partial charge in [-0.1, -0.05) is 18.2 Å². The summed E-state index contributed by atoms with van der Waals surface area (Å²) in [6, 6.07) is 11.3. The molecule has 2 aliphatic rings. The number of nitrogens with zero attached hydrogens (tertiary/aromatic N) is 2. The molecule has 0 radical (unpaired) electrons. The molecule has 2 aromatic carbocycles. The van der Waals surface area contributed by atoms with Gasteiger partial charge in [0, 0.05) is 24.6 Å². The maximum absolute atomic E-state index is 13.3. The van der Waals surface area contributed by atoms with Gasteiger partial charge in [0.1, 0.15) is 0 Å². The highest BCUT2D eigenvalue weighted by Crippen LogP contribution is 2.40. The summed E-state index contributed by atoms with van der Waals surface area (Å²) < 4.78 is 6.01. The number of rotatable bonds is 4. The SMILES string of the molecule is COC(=O)c1cc2nc([C@H]3CC[C@H](CO)CC3)sc2cc1N1CCc2ccccc2C1=O. The van der Waals surface area contributed by atoms with Crippen LogP contribution in [0.25, 0.3) is 10.2 Å². The zero-order chi connectivity index (χ0) is 22.2. The lowest BCUT2D eigenvalue weighted by Crippen LogP contribution is -2.38. The van der Waals surface area contributed by atoms with Gasteiger partial charge in [0.15, 0.2) is 0 Å². The van der Waals surface area contributed by atoms with Crippen molar-refractivity contribution in [1.29, 1.82) is 0 Å². The molecule has 0 bridgehead atoms. The van der Waals surface area contributed by atoms with Crippen LogP contribution in [-0.2, 0) is 11.2 Å². The minimum Gasteiger partial charge on any atom is -0.465 e. The Hall–Kier alpha value is -2.77. The van der Waals surface area contributed by atoms with E-state index in [9.17, 15) is 14.7 Å². The average Bonchev–Trinajstić information content (AvgIpc) is 3.26. The number of fused-ring (bicyclic) bond motifs is 2. The molecule has 0 unspecified atom stereocenters. The molecule has 3 aromatic rings. The van der Waals surface area contributed by atoms with Gasteiger partial charge >= 0.3 is 5.97 Å². The first kappa shape index (κ1) is 21.1. The lowest BCUT2D eigenvalue weighted by Gasteiger charge is -2.29. The number of esters is 1. The third-order valence-corrected chi connectivity index (χ3v) is 7.95. The van der Waals surface area contributed by atoms with E-state index in [1.807, 2.05) is 30.3 Å². The molecule has 1 fully saturated rings. The Bertz CT molecular complexity index is 1180. The van der Waals surface area contributed by atoms with Gasteiger partial charge in [-0.25, -0.2) is 9.78 Å². The molecule has 5 rings (SSSR count). The van der Waals surface area contributed by atoms with Crippen molar-refractivity contribution in [2.24, 2.45) is 5.92 Å². The topological polar surface area (TPSA) is 79.7 Å². The van der Waals surface area contributed by atoms with Gasteiger partial charge in [-0.05, 0) is 61.8 Å². The first-order valence-corrected chi connectivity index (χ1v) is 11.9. The standard InChI is InChI=1S/C25H26N2O4S/c1-31-25(30)19-12-20-22(32-23(26-20)17-8-6-15(14-28)7-9-17)13-21(19)27-11-10-16-4-2-3-5-18(16)24(27)29/h2-5,12-13,15,17,28H,6-11,14H2,1H3/t15-,17-. The molecule has 1 aromatic heterocycles. The second kappa shape index (κ2) is 8.64. The molecule has 1 aliphatic carbocycles.